The summed E-state index contributed by atoms with van der Waals surface area (Å²) in [4.78, 5) is 23.6. The van der Waals surface area contributed by atoms with Crippen molar-refractivity contribution in [2.75, 3.05) is 32.1 Å². The average molecular weight is 380 g/mol. The van der Waals surface area contributed by atoms with Crippen molar-refractivity contribution in [1.82, 2.24) is 24.6 Å². The molecule has 4 heterocycles. The maximum absolute atomic E-state index is 12.4. The van der Waals surface area contributed by atoms with Gasteiger partial charge in [0.1, 0.15) is 5.82 Å². The summed E-state index contributed by atoms with van der Waals surface area (Å²) < 4.78 is 7.12. The largest absolute Gasteiger partial charge is 0.381 e. The highest BCUT2D eigenvalue weighted by molar-refractivity contribution is 5.93. The summed E-state index contributed by atoms with van der Waals surface area (Å²) in [6.45, 7) is 2.10. The predicted molar refractivity (Wildman–Crippen MR) is 107 cm³/mol. The van der Waals surface area contributed by atoms with E-state index in [1.807, 2.05) is 31.4 Å². The number of aryl methyl sites for hydroxylation is 1. The van der Waals surface area contributed by atoms with Crippen molar-refractivity contribution in [3.05, 3.63) is 36.8 Å². The predicted octanol–water partition coefficient (Wildman–Crippen LogP) is 2.08. The van der Waals surface area contributed by atoms with Gasteiger partial charge in [-0.05, 0) is 25.0 Å². The summed E-state index contributed by atoms with van der Waals surface area (Å²) in [5.41, 5.74) is 2.57. The molecular formula is C20H24N6O2. The number of amides is 1. The van der Waals surface area contributed by atoms with Gasteiger partial charge in [-0.3, -0.25) is 14.4 Å². The van der Waals surface area contributed by atoms with Gasteiger partial charge >= 0.3 is 0 Å². The molecule has 0 bridgehead atoms. The number of piperidine rings is 1. The molecule has 3 aromatic rings. The van der Waals surface area contributed by atoms with Gasteiger partial charge in [-0.15, -0.1) is 0 Å². The molecule has 8 nitrogen and oxygen atoms in total. The lowest BCUT2D eigenvalue weighted by molar-refractivity contribution is -0.117. The van der Waals surface area contributed by atoms with Crippen molar-refractivity contribution in [1.29, 1.82) is 0 Å². The molecule has 1 amide bonds. The quantitative estimate of drug-likeness (QED) is 0.729. The Balaban J connectivity index is 1.44. The summed E-state index contributed by atoms with van der Waals surface area (Å²) in [6.07, 6.45) is 7.66. The highest BCUT2D eigenvalue weighted by atomic mass is 16.5. The van der Waals surface area contributed by atoms with E-state index in [4.69, 9.17) is 9.72 Å². The van der Waals surface area contributed by atoms with Gasteiger partial charge < -0.3 is 10.1 Å². The lowest BCUT2D eigenvalue weighted by Crippen LogP contribution is -2.41. The first-order valence-corrected chi connectivity index (χ1v) is 9.41. The van der Waals surface area contributed by atoms with Crippen LogP contribution in [0, 0.1) is 0 Å². The number of anilines is 1. The van der Waals surface area contributed by atoms with E-state index in [1.165, 1.54) is 0 Å². The van der Waals surface area contributed by atoms with Crippen LogP contribution in [0.25, 0.3) is 22.2 Å². The van der Waals surface area contributed by atoms with Crippen LogP contribution in [0.2, 0.25) is 0 Å². The second kappa shape index (κ2) is 8.04. The van der Waals surface area contributed by atoms with E-state index in [-0.39, 0.29) is 5.91 Å². The van der Waals surface area contributed by atoms with Crippen molar-refractivity contribution >= 4 is 22.6 Å². The minimum absolute atomic E-state index is 0.0638. The first-order valence-electron chi connectivity index (χ1n) is 9.41. The number of likely N-dealkylation sites (tertiary alicyclic amines) is 1. The van der Waals surface area contributed by atoms with Crippen molar-refractivity contribution in [2.24, 2.45) is 7.05 Å². The Labute approximate surface area is 163 Å². The van der Waals surface area contributed by atoms with Crippen LogP contribution in [0.1, 0.15) is 12.8 Å². The molecular weight excluding hydrogens is 356 g/mol. The Morgan fingerprint density at radius 1 is 1.29 bits per heavy atom. The minimum Gasteiger partial charge on any atom is -0.381 e. The van der Waals surface area contributed by atoms with Gasteiger partial charge in [0.25, 0.3) is 0 Å². The monoisotopic (exact) mass is 380 g/mol. The van der Waals surface area contributed by atoms with Gasteiger partial charge in [0.05, 0.1) is 30.1 Å². The number of rotatable bonds is 5. The molecule has 1 fully saturated rings. The van der Waals surface area contributed by atoms with Crippen LogP contribution in [-0.4, -0.2) is 63.4 Å². The average Bonchev–Trinajstić information content (AvgIpc) is 3.14. The normalized spacial score (nSPS) is 15.8. The third kappa shape index (κ3) is 4.18. The fourth-order valence-electron chi connectivity index (χ4n) is 3.49. The third-order valence-corrected chi connectivity index (χ3v) is 5.08. The molecule has 0 aromatic carbocycles. The minimum atomic E-state index is -0.0638. The number of aromatic nitrogens is 4. The van der Waals surface area contributed by atoms with Crippen LogP contribution in [0.4, 0.5) is 5.82 Å². The van der Waals surface area contributed by atoms with Crippen LogP contribution in [0.5, 0.6) is 0 Å². The molecule has 0 spiro atoms. The molecule has 0 radical (unpaired) electrons. The van der Waals surface area contributed by atoms with Gasteiger partial charge in [-0.25, -0.2) is 9.97 Å². The molecule has 8 heteroatoms. The molecule has 0 unspecified atom stereocenters. The molecule has 28 heavy (non-hydrogen) atoms. The third-order valence-electron chi connectivity index (χ3n) is 5.08. The lowest BCUT2D eigenvalue weighted by atomic mass is 10.1. The van der Waals surface area contributed by atoms with Crippen LogP contribution < -0.4 is 5.32 Å². The summed E-state index contributed by atoms with van der Waals surface area (Å²) >= 11 is 0. The zero-order valence-corrected chi connectivity index (χ0v) is 16.1. The molecule has 3 aromatic heterocycles. The van der Waals surface area contributed by atoms with E-state index in [2.05, 4.69) is 20.3 Å². The van der Waals surface area contributed by atoms with Gasteiger partial charge in [0.15, 0.2) is 0 Å². The molecule has 1 saturated heterocycles. The zero-order chi connectivity index (χ0) is 19.5. The van der Waals surface area contributed by atoms with Crippen LogP contribution in [-0.2, 0) is 16.6 Å². The Hall–Kier alpha value is -2.84. The van der Waals surface area contributed by atoms with E-state index < -0.39 is 0 Å². The van der Waals surface area contributed by atoms with Crippen molar-refractivity contribution in [3.63, 3.8) is 0 Å². The summed E-state index contributed by atoms with van der Waals surface area (Å²) in [5, 5.41) is 8.00. The van der Waals surface area contributed by atoms with Gasteiger partial charge in [0, 0.05) is 56.7 Å². The fourth-order valence-corrected chi connectivity index (χ4v) is 3.49. The summed E-state index contributed by atoms with van der Waals surface area (Å²) in [5.74, 6) is 0.450. The van der Waals surface area contributed by atoms with E-state index in [0.29, 0.717) is 18.5 Å². The highest BCUT2D eigenvalue weighted by Crippen LogP contribution is 2.21. The number of ether oxygens (including phenoxy) is 1. The topological polar surface area (TPSA) is 85.2 Å². The first kappa shape index (κ1) is 18.5. The Kier molecular flexibility index (Phi) is 5.31. The number of nitrogens with one attached hydrogen (secondary N) is 1. The summed E-state index contributed by atoms with van der Waals surface area (Å²) in [7, 11) is 3.62. The first-order chi connectivity index (χ1) is 13.6. The Bertz CT molecular complexity index is 978. The number of pyridine rings is 2. The van der Waals surface area contributed by atoms with Crippen molar-refractivity contribution < 1.29 is 9.53 Å². The molecule has 0 saturated carbocycles. The standard InChI is InChI=1S/C20H24N6O2/c1-25-12-15(11-22-25)17-4-3-14-10-21-19(9-18(14)23-17)24-20(27)13-26-7-5-16(28-2)6-8-26/h3-4,9-12,16H,5-8,13H2,1-2H3,(H,21,24,27). The molecule has 0 atom stereocenters. The number of carbonyl (C=O) groups excluding carboxylic acids is 1. The Morgan fingerprint density at radius 3 is 2.82 bits per heavy atom. The second-order valence-corrected chi connectivity index (χ2v) is 7.12. The SMILES string of the molecule is COC1CCN(CC(=O)Nc2cc3nc(-c4cnn(C)c4)ccc3cn2)CC1. The summed E-state index contributed by atoms with van der Waals surface area (Å²) in [6, 6.07) is 5.73. The lowest BCUT2D eigenvalue weighted by Gasteiger charge is -2.30. The van der Waals surface area contributed by atoms with E-state index >= 15 is 0 Å². The molecule has 146 valence electrons. The van der Waals surface area contributed by atoms with Crippen LogP contribution >= 0.6 is 0 Å². The van der Waals surface area contributed by atoms with E-state index in [9.17, 15) is 4.79 Å². The fraction of sp³-hybridized carbons (Fsp3) is 0.400. The van der Waals surface area contributed by atoms with Crippen molar-refractivity contribution in [2.45, 2.75) is 18.9 Å². The van der Waals surface area contributed by atoms with Crippen LogP contribution in [0.3, 0.4) is 0 Å². The maximum Gasteiger partial charge on any atom is 0.239 e. The maximum atomic E-state index is 12.4. The number of methoxy groups -OCH3 is 1. The molecule has 4 rings (SSSR count). The number of nitrogens with zero attached hydrogens (tertiary/aromatic N) is 5. The van der Waals surface area contributed by atoms with Gasteiger partial charge in [-0.1, -0.05) is 0 Å². The number of hydrogen-bond acceptors (Lipinski definition) is 6. The van der Waals surface area contributed by atoms with Crippen molar-refractivity contribution in [3.8, 4) is 11.3 Å². The van der Waals surface area contributed by atoms with Gasteiger partial charge in [-0.2, -0.15) is 5.10 Å². The van der Waals surface area contributed by atoms with E-state index in [1.54, 1.807) is 24.2 Å². The molecule has 1 aliphatic heterocycles. The molecule has 1 N–H and O–H groups in total. The number of hydrogen-bond donors (Lipinski definition) is 1. The highest BCUT2D eigenvalue weighted by Gasteiger charge is 2.20. The van der Waals surface area contributed by atoms with E-state index in [0.717, 1.165) is 48.1 Å². The molecule has 1 aliphatic rings. The smallest absolute Gasteiger partial charge is 0.239 e. The van der Waals surface area contributed by atoms with Crippen LogP contribution in [0.15, 0.2) is 36.8 Å². The number of fused-ring (bicyclic) bond motifs is 1. The zero-order valence-electron chi connectivity index (χ0n) is 16.1. The second-order valence-electron chi connectivity index (χ2n) is 7.12. The Morgan fingerprint density at radius 2 is 2.11 bits per heavy atom. The number of carbonyl (C=O) groups is 1. The van der Waals surface area contributed by atoms with Gasteiger partial charge in [0.2, 0.25) is 5.91 Å². The molecule has 0 aliphatic carbocycles.